The summed E-state index contributed by atoms with van der Waals surface area (Å²) >= 11 is 0. The van der Waals surface area contributed by atoms with Gasteiger partial charge >= 0.3 is 5.97 Å². The molecular weight excluding hydrogens is 224 g/mol. The van der Waals surface area contributed by atoms with Gasteiger partial charge in [0.25, 0.3) is 6.01 Å². The van der Waals surface area contributed by atoms with Crippen LogP contribution < -0.4 is 5.32 Å². The number of oxazole rings is 1. The third kappa shape index (κ3) is 4.86. The first-order chi connectivity index (χ1) is 8.13. The molecule has 1 aromatic heterocycles. The number of ether oxygens (including phenoxy) is 2. The smallest absolute Gasteiger partial charge is 0.360 e. The molecule has 0 saturated heterocycles. The quantitative estimate of drug-likeness (QED) is 0.579. The van der Waals surface area contributed by atoms with Crippen LogP contribution in [0.3, 0.4) is 0 Å². The fourth-order valence-corrected chi connectivity index (χ4v) is 1.11. The van der Waals surface area contributed by atoms with Crippen molar-refractivity contribution in [1.82, 2.24) is 4.98 Å². The van der Waals surface area contributed by atoms with E-state index in [1.165, 1.54) is 6.26 Å². The number of esters is 1. The van der Waals surface area contributed by atoms with E-state index in [2.05, 4.69) is 10.3 Å². The van der Waals surface area contributed by atoms with E-state index in [4.69, 9.17) is 13.9 Å². The van der Waals surface area contributed by atoms with Crippen LogP contribution in [0.15, 0.2) is 10.7 Å². The maximum absolute atomic E-state index is 11.3. The van der Waals surface area contributed by atoms with Crippen molar-refractivity contribution in [3.05, 3.63) is 12.0 Å². The van der Waals surface area contributed by atoms with E-state index in [0.717, 1.165) is 0 Å². The molecule has 6 nitrogen and oxygen atoms in total. The van der Waals surface area contributed by atoms with Crippen LogP contribution in [0.1, 0.15) is 31.3 Å². The molecule has 0 aliphatic carbocycles. The second-order valence-corrected chi connectivity index (χ2v) is 3.60. The van der Waals surface area contributed by atoms with E-state index >= 15 is 0 Å². The minimum absolute atomic E-state index is 0.166. The van der Waals surface area contributed by atoms with Crippen LogP contribution in [0.5, 0.6) is 0 Å². The molecule has 0 aromatic carbocycles. The number of hydrogen-bond acceptors (Lipinski definition) is 6. The molecule has 0 bridgehead atoms. The van der Waals surface area contributed by atoms with E-state index in [0.29, 0.717) is 25.8 Å². The van der Waals surface area contributed by atoms with Crippen LogP contribution in [0.4, 0.5) is 6.01 Å². The first-order valence-electron chi connectivity index (χ1n) is 5.61. The molecule has 0 radical (unpaired) electrons. The Balaban J connectivity index is 2.33. The van der Waals surface area contributed by atoms with E-state index in [1.54, 1.807) is 6.92 Å². The average molecular weight is 242 g/mol. The molecule has 1 heterocycles. The Morgan fingerprint density at radius 1 is 1.59 bits per heavy atom. The summed E-state index contributed by atoms with van der Waals surface area (Å²) in [6, 6.07) is 0.292. The predicted octanol–water partition coefficient (Wildman–Crippen LogP) is 1.69. The van der Waals surface area contributed by atoms with Gasteiger partial charge in [-0.05, 0) is 20.8 Å². The van der Waals surface area contributed by atoms with Crippen molar-refractivity contribution < 1.29 is 18.7 Å². The highest BCUT2D eigenvalue weighted by atomic mass is 16.5. The molecule has 1 rings (SSSR count). The third-order valence-corrected chi connectivity index (χ3v) is 1.82. The Morgan fingerprint density at radius 3 is 3.00 bits per heavy atom. The molecule has 0 spiro atoms. The lowest BCUT2D eigenvalue weighted by atomic mass is 10.5. The minimum atomic E-state index is -0.484. The molecule has 1 N–H and O–H groups in total. The SMILES string of the molecule is CCOC(=O)c1coc(NCCOC(C)C)n1. The summed E-state index contributed by atoms with van der Waals surface area (Å²) in [7, 11) is 0. The summed E-state index contributed by atoms with van der Waals surface area (Å²) in [5.41, 5.74) is 0.166. The van der Waals surface area contributed by atoms with Gasteiger partial charge in [0, 0.05) is 6.54 Å². The van der Waals surface area contributed by atoms with Crippen LogP contribution in [0, 0.1) is 0 Å². The van der Waals surface area contributed by atoms with Gasteiger partial charge in [0.2, 0.25) is 0 Å². The van der Waals surface area contributed by atoms with Crippen LogP contribution in [0.2, 0.25) is 0 Å². The first kappa shape index (κ1) is 13.5. The Hall–Kier alpha value is -1.56. The molecule has 6 heteroatoms. The molecule has 1 aromatic rings. The number of nitrogens with one attached hydrogen (secondary N) is 1. The van der Waals surface area contributed by atoms with Gasteiger partial charge in [-0.1, -0.05) is 0 Å². The van der Waals surface area contributed by atoms with Crippen molar-refractivity contribution >= 4 is 12.0 Å². The average Bonchev–Trinajstić information content (AvgIpc) is 2.73. The fraction of sp³-hybridized carbons (Fsp3) is 0.636. The van der Waals surface area contributed by atoms with Crippen molar-refractivity contribution in [1.29, 1.82) is 0 Å². The second kappa shape index (κ2) is 6.90. The third-order valence-electron chi connectivity index (χ3n) is 1.82. The van der Waals surface area contributed by atoms with Gasteiger partial charge in [-0.25, -0.2) is 4.79 Å². The van der Waals surface area contributed by atoms with Crippen LogP contribution in [0.25, 0.3) is 0 Å². The van der Waals surface area contributed by atoms with Crippen molar-refractivity contribution in [3.8, 4) is 0 Å². The molecule has 0 amide bonds. The lowest BCUT2D eigenvalue weighted by Gasteiger charge is -2.06. The monoisotopic (exact) mass is 242 g/mol. The van der Waals surface area contributed by atoms with Crippen molar-refractivity contribution in [3.63, 3.8) is 0 Å². The summed E-state index contributed by atoms with van der Waals surface area (Å²) in [4.78, 5) is 15.2. The zero-order valence-electron chi connectivity index (χ0n) is 10.4. The normalized spacial score (nSPS) is 10.6. The number of nitrogens with zero attached hydrogens (tertiary/aromatic N) is 1. The van der Waals surface area contributed by atoms with Crippen molar-refractivity contribution in [2.45, 2.75) is 26.9 Å². The van der Waals surface area contributed by atoms with E-state index in [9.17, 15) is 4.79 Å². The van der Waals surface area contributed by atoms with Crippen molar-refractivity contribution in [2.24, 2.45) is 0 Å². The molecule has 0 atom stereocenters. The predicted molar refractivity (Wildman–Crippen MR) is 62.0 cm³/mol. The summed E-state index contributed by atoms with van der Waals surface area (Å²) in [6.07, 6.45) is 1.46. The van der Waals surface area contributed by atoms with Crippen LogP contribution in [-0.4, -0.2) is 36.8 Å². The topological polar surface area (TPSA) is 73.6 Å². The van der Waals surface area contributed by atoms with Gasteiger partial charge < -0.3 is 19.2 Å². The molecule has 0 saturated carbocycles. The van der Waals surface area contributed by atoms with Crippen LogP contribution in [-0.2, 0) is 9.47 Å². The number of carbonyl (C=O) groups excluding carboxylic acids is 1. The number of carbonyl (C=O) groups is 1. The Labute approximate surface area is 100 Å². The van der Waals surface area contributed by atoms with Gasteiger partial charge in [0.1, 0.15) is 6.26 Å². The summed E-state index contributed by atoms with van der Waals surface area (Å²) in [5.74, 6) is -0.484. The maximum Gasteiger partial charge on any atom is 0.360 e. The van der Waals surface area contributed by atoms with Gasteiger partial charge in [0.05, 0.1) is 19.3 Å². The Morgan fingerprint density at radius 2 is 2.35 bits per heavy atom. The second-order valence-electron chi connectivity index (χ2n) is 3.60. The fourth-order valence-electron chi connectivity index (χ4n) is 1.11. The number of anilines is 1. The molecule has 0 aliphatic rings. The van der Waals surface area contributed by atoms with Gasteiger partial charge in [-0.15, -0.1) is 0 Å². The molecule has 96 valence electrons. The first-order valence-corrected chi connectivity index (χ1v) is 5.61. The molecular formula is C11H18N2O4. The summed E-state index contributed by atoms with van der Waals surface area (Å²) in [6.45, 7) is 7.10. The lowest BCUT2D eigenvalue weighted by Crippen LogP contribution is -2.13. The van der Waals surface area contributed by atoms with E-state index < -0.39 is 5.97 Å². The molecule has 0 unspecified atom stereocenters. The maximum atomic E-state index is 11.3. The van der Waals surface area contributed by atoms with Crippen LogP contribution >= 0.6 is 0 Å². The van der Waals surface area contributed by atoms with Gasteiger partial charge in [-0.3, -0.25) is 0 Å². The van der Waals surface area contributed by atoms with E-state index in [1.807, 2.05) is 13.8 Å². The molecule has 0 fully saturated rings. The zero-order chi connectivity index (χ0) is 12.7. The van der Waals surface area contributed by atoms with Gasteiger partial charge in [-0.2, -0.15) is 4.98 Å². The lowest BCUT2D eigenvalue weighted by molar-refractivity contribution is 0.0519. The highest BCUT2D eigenvalue weighted by Gasteiger charge is 2.12. The van der Waals surface area contributed by atoms with E-state index in [-0.39, 0.29) is 11.8 Å². The van der Waals surface area contributed by atoms with Gasteiger partial charge in [0.15, 0.2) is 5.69 Å². The number of hydrogen-bond donors (Lipinski definition) is 1. The zero-order valence-corrected chi connectivity index (χ0v) is 10.4. The number of rotatable bonds is 7. The van der Waals surface area contributed by atoms with Crippen molar-refractivity contribution in [2.75, 3.05) is 25.1 Å². The number of aromatic nitrogens is 1. The highest BCUT2D eigenvalue weighted by molar-refractivity contribution is 5.87. The standard InChI is InChI=1S/C11H18N2O4/c1-4-15-10(14)9-7-17-11(13-9)12-5-6-16-8(2)3/h7-8H,4-6H2,1-3H3,(H,12,13). The molecule has 0 aliphatic heterocycles. The Kier molecular flexibility index (Phi) is 5.48. The highest BCUT2D eigenvalue weighted by Crippen LogP contribution is 2.08. The largest absolute Gasteiger partial charge is 0.461 e. The summed E-state index contributed by atoms with van der Waals surface area (Å²) < 4.78 is 15.2. The molecule has 17 heavy (non-hydrogen) atoms. The summed E-state index contributed by atoms with van der Waals surface area (Å²) in [5, 5.41) is 2.91. The Bertz CT molecular complexity index is 349. The minimum Gasteiger partial charge on any atom is -0.461 e.